The fourth-order valence-corrected chi connectivity index (χ4v) is 7.69. The van der Waals surface area contributed by atoms with Crippen LogP contribution in [-0.2, 0) is 19.7 Å². The molecule has 0 aliphatic heterocycles. The van der Waals surface area contributed by atoms with Crippen LogP contribution in [0.15, 0.2) is 0 Å². The molecular weight excluding hydrogens is 622 g/mol. The van der Waals surface area contributed by atoms with Crippen LogP contribution in [0.4, 0.5) is 0 Å². The van der Waals surface area contributed by atoms with Crippen molar-refractivity contribution in [3.63, 3.8) is 0 Å². The van der Waals surface area contributed by atoms with E-state index in [4.69, 9.17) is 0 Å². The molecule has 7 nitrogen and oxygen atoms in total. The second kappa shape index (κ2) is 34.3. The average Bonchev–Trinajstić information content (AvgIpc) is 2.97. The molecular formula is C36H68Na2O7S. The predicted molar refractivity (Wildman–Crippen MR) is 178 cm³/mol. The van der Waals surface area contributed by atoms with E-state index in [1.807, 2.05) is 0 Å². The number of carbonyl (C=O) groups is 2. The van der Waals surface area contributed by atoms with E-state index in [2.05, 4.69) is 13.8 Å². The Morgan fingerprint density at radius 1 is 0.522 bits per heavy atom. The zero-order valence-corrected chi connectivity index (χ0v) is 35.4. The largest absolute Gasteiger partial charge is 1.00 e. The molecule has 0 aliphatic rings. The van der Waals surface area contributed by atoms with E-state index in [1.54, 1.807) is 0 Å². The number of hydrogen-bond acceptors (Lipinski definition) is 6. The normalized spacial score (nSPS) is 13.4. The molecule has 0 aliphatic carbocycles. The summed E-state index contributed by atoms with van der Waals surface area (Å²) in [5, 5.41) is 24.2. The summed E-state index contributed by atoms with van der Waals surface area (Å²) in [5.74, 6) is -5.65. The Balaban J connectivity index is -0.00000924. The summed E-state index contributed by atoms with van der Waals surface area (Å²) in [6.45, 7) is 4.45. The van der Waals surface area contributed by atoms with Crippen LogP contribution >= 0.6 is 0 Å². The Kier molecular flexibility index (Phi) is 38.2. The van der Waals surface area contributed by atoms with Crippen molar-refractivity contribution in [1.82, 2.24) is 0 Å². The van der Waals surface area contributed by atoms with Gasteiger partial charge in [0.15, 0.2) is 0 Å². The maximum Gasteiger partial charge on any atom is 1.00 e. The minimum atomic E-state index is -5.24. The predicted octanol–water partition coefficient (Wildman–Crippen LogP) is 2.48. The van der Waals surface area contributed by atoms with Crippen LogP contribution in [0.5, 0.6) is 0 Å². The summed E-state index contributed by atoms with van der Waals surface area (Å²) >= 11 is 0. The first-order valence-corrected chi connectivity index (χ1v) is 20.0. The van der Waals surface area contributed by atoms with Gasteiger partial charge in [-0.3, -0.25) is 4.55 Å². The van der Waals surface area contributed by atoms with Gasteiger partial charge in [-0.25, -0.2) is 0 Å². The van der Waals surface area contributed by atoms with Crippen molar-refractivity contribution >= 4 is 22.1 Å². The quantitative estimate of drug-likeness (QED) is 0.0623. The summed E-state index contributed by atoms with van der Waals surface area (Å²) < 4.78 is 31.9. The minimum absolute atomic E-state index is 0. The van der Waals surface area contributed by atoms with E-state index in [9.17, 15) is 32.8 Å². The molecule has 0 aromatic rings. The third-order valence-electron chi connectivity index (χ3n) is 9.40. The summed E-state index contributed by atoms with van der Waals surface area (Å²) in [7, 11) is -5.24. The molecule has 0 amide bonds. The fourth-order valence-electron chi connectivity index (χ4n) is 6.50. The Bertz CT molecular complexity index is 810. The van der Waals surface area contributed by atoms with E-state index in [-0.39, 0.29) is 72.0 Å². The average molecular weight is 691 g/mol. The van der Waals surface area contributed by atoms with Gasteiger partial charge in [-0.05, 0) is 12.8 Å². The number of hydrogen-bond donors (Lipinski definition) is 1. The first-order chi connectivity index (χ1) is 21.1. The second-order valence-electron chi connectivity index (χ2n) is 13.3. The van der Waals surface area contributed by atoms with Gasteiger partial charge in [0.2, 0.25) is 0 Å². The molecule has 2 unspecified atom stereocenters. The van der Waals surface area contributed by atoms with Crippen molar-refractivity contribution in [1.29, 1.82) is 0 Å². The molecule has 0 heterocycles. The first-order valence-electron chi connectivity index (χ1n) is 18.5. The van der Waals surface area contributed by atoms with Gasteiger partial charge in [-0.2, -0.15) is 8.42 Å². The summed E-state index contributed by atoms with van der Waals surface area (Å²) in [6, 6.07) is 0. The number of aliphatic carboxylic acids is 2. The number of carbonyl (C=O) groups excluding carboxylic acids is 2. The van der Waals surface area contributed by atoms with E-state index >= 15 is 0 Å². The Labute approximate surface area is 328 Å². The number of carboxylic acids is 2. The third kappa shape index (κ3) is 24.9. The number of unbranched alkanes of at least 4 members (excludes halogenated alkanes) is 26. The van der Waals surface area contributed by atoms with Crippen LogP contribution in [0.1, 0.15) is 206 Å². The Morgan fingerprint density at radius 3 is 1.02 bits per heavy atom. The van der Waals surface area contributed by atoms with Crippen LogP contribution in [-0.4, -0.2) is 29.7 Å². The Hall–Kier alpha value is 0.850. The number of carboxylic acid groups (broad SMARTS) is 2. The van der Waals surface area contributed by atoms with Crippen LogP contribution in [0, 0.1) is 5.92 Å². The molecule has 0 aromatic heterocycles. The van der Waals surface area contributed by atoms with Crippen LogP contribution in [0.2, 0.25) is 0 Å². The first kappa shape index (κ1) is 51.2. The maximum absolute atomic E-state index is 12.4. The summed E-state index contributed by atoms with van der Waals surface area (Å²) in [5.41, 5.74) is 0. The van der Waals surface area contributed by atoms with Crippen LogP contribution in [0.3, 0.4) is 0 Å². The summed E-state index contributed by atoms with van der Waals surface area (Å²) in [4.78, 5) is 24.2. The molecule has 0 saturated heterocycles. The molecule has 0 fully saturated rings. The number of rotatable bonds is 34. The Morgan fingerprint density at radius 2 is 0.783 bits per heavy atom. The molecule has 10 heteroatoms. The van der Waals surface area contributed by atoms with Gasteiger partial charge in [0.1, 0.15) is 4.75 Å². The standard InChI is InChI=1S/C36H70O7S.2Na/c1-3-5-7-9-11-13-15-17-19-21-23-25-27-29-31-33(34(37)38)36(35(39)40,44(41,42)43)32-30-28-26-24-22-20-18-16-14-12-10-8-6-4-2;;/h33H,3-32H2,1-2H3,(H,37,38)(H,39,40)(H,41,42,43);;/q;2*+1/p-2. The fraction of sp³-hybridized carbons (Fsp3) is 0.944. The van der Waals surface area contributed by atoms with Crippen molar-refractivity contribution in [2.75, 3.05) is 0 Å². The molecule has 0 aromatic carbocycles. The molecule has 262 valence electrons. The van der Waals surface area contributed by atoms with Crippen molar-refractivity contribution in [3.05, 3.63) is 0 Å². The second-order valence-corrected chi connectivity index (χ2v) is 14.9. The van der Waals surface area contributed by atoms with Gasteiger partial charge in [-0.1, -0.05) is 194 Å². The molecule has 0 radical (unpaired) electrons. The van der Waals surface area contributed by atoms with Crippen molar-refractivity contribution in [2.24, 2.45) is 5.92 Å². The molecule has 0 bridgehead atoms. The van der Waals surface area contributed by atoms with Gasteiger partial charge in [0.25, 0.3) is 10.1 Å². The van der Waals surface area contributed by atoms with E-state index in [0.717, 1.165) is 44.9 Å². The van der Waals surface area contributed by atoms with E-state index < -0.39 is 39.1 Å². The van der Waals surface area contributed by atoms with Gasteiger partial charge in [0.05, 0.1) is 5.97 Å². The van der Waals surface area contributed by atoms with Gasteiger partial charge in [-0.15, -0.1) is 0 Å². The topological polar surface area (TPSA) is 135 Å². The minimum Gasteiger partial charge on any atom is -0.550 e. The smallest absolute Gasteiger partial charge is 0.550 e. The molecule has 0 saturated carbocycles. The van der Waals surface area contributed by atoms with Crippen molar-refractivity contribution in [3.8, 4) is 0 Å². The van der Waals surface area contributed by atoms with Gasteiger partial charge < -0.3 is 19.8 Å². The van der Waals surface area contributed by atoms with Gasteiger partial charge in [0, 0.05) is 11.9 Å². The molecule has 2 atom stereocenters. The zero-order valence-electron chi connectivity index (χ0n) is 30.6. The van der Waals surface area contributed by atoms with E-state index in [0.29, 0.717) is 19.3 Å². The zero-order chi connectivity index (χ0) is 32.9. The van der Waals surface area contributed by atoms with Crippen LogP contribution in [0.25, 0.3) is 0 Å². The monoisotopic (exact) mass is 690 g/mol. The maximum atomic E-state index is 12.4. The summed E-state index contributed by atoms with van der Waals surface area (Å²) in [6.07, 6.45) is 29.9. The van der Waals surface area contributed by atoms with Gasteiger partial charge >= 0.3 is 59.1 Å². The SMILES string of the molecule is CCCCCCCCCCCCCCCCC(C(=O)[O-])C(CCCCCCCCCCCCCCCC)(C(=O)[O-])S(=O)(=O)O.[Na+].[Na+]. The molecule has 46 heavy (non-hydrogen) atoms. The van der Waals surface area contributed by atoms with Crippen molar-refractivity contribution in [2.45, 2.75) is 211 Å². The molecule has 1 N–H and O–H groups in total. The van der Waals surface area contributed by atoms with E-state index in [1.165, 1.54) is 109 Å². The molecule has 0 spiro atoms. The third-order valence-corrected chi connectivity index (χ3v) is 11.0. The van der Waals surface area contributed by atoms with Crippen LogP contribution < -0.4 is 69.3 Å². The van der Waals surface area contributed by atoms with Crippen molar-refractivity contribution < 1.29 is 91.9 Å². The molecule has 0 rings (SSSR count).